The number of nitrogens with one attached hydrogen (secondary N) is 2. The fourth-order valence-electron chi connectivity index (χ4n) is 2.99. The molecule has 2 aromatic rings. The van der Waals surface area contributed by atoms with Gasteiger partial charge >= 0.3 is 5.97 Å². The fraction of sp³-hybridized carbons (Fsp3) is 0.286. The van der Waals surface area contributed by atoms with Gasteiger partial charge in [0.15, 0.2) is 0 Å². The minimum atomic E-state index is -0.984. The third-order valence-corrected chi connectivity index (χ3v) is 4.85. The van der Waals surface area contributed by atoms with Crippen LogP contribution < -0.4 is 10.6 Å². The highest BCUT2D eigenvalue weighted by atomic mass is 19.1. The Labute approximate surface area is 161 Å². The fourth-order valence-corrected chi connectivity index (χ4v) is 2.99. The van der Waals surface area contributed by atoms with Crippen molar-refractivity contribution < 1.29 is 23.9 Å². The molecule has 1 aliphatic rings. The molecule has 1 aliphatic carbocycles. The number of hydrogen-bond donors (Lipinski definition) is 3. The van der Waals surface area contributed by atoms with Crippen molar-refractivity contribution in [3.8, 4) is 0 Å². The van der Waals surface area contributed by atoms with Gasteiger partial charge in [-0.15, -0.1) is 0 Å². The molecule has 2 amide bonds. The highest BCUT2D eigenvalue weighted by Gasteiger charge is 2.49. The second-order valence-electron chi connectivity index (χ2n) is 6.98. The van der Waals surface area contributed by atoms with E-state index in [1.165, 1.54) is 6.07 Å². The average molecular weight is 384 g/mol. The lowest BCUT2D eigenvalue weighted by molar-refractivity contribution is -0.136. The summed E-state index contributed by atoms with van der Waals surface area (Å²) in [6.45, 7) is 0.0468. The zero-order valence-corrected chi connectivity index (χ0v) is 15.2. The number of carbonyl (C=O) groups excluding carboxylic acids is 2. The van der Waals surface area contributed by atoms with Gasteiger partial charge in [-0.05, 0) is 55.2 Å². The molecule has 0 atom stereocenters. The van der Waals surface area contributed by atoms with Crippen molar-refractivity contribution in [1.29, 1.82) is 0 Å². The number of benzene rings is 2. The van der Waals surface area contributed by atoms with E-state index in [1.54, 1.807) is 42.5 Å². The van der Waals surface area contributed by atoms with Crippen molar-refractivity contribution in [3.63, 3.8) is 0 Å². The summed E-state index contributed by atoms with van der Waals surface area (Å²) in [6, 6.07) is 12.8. The largest absolute Gasteiger partial charge is 0.481 e. The van der Waals surface area contributed by atoms with Crippen LogP contribution in [-0.2, 0) is 16.0 Å². The molecule has 0 radical (unpaired) electrons. The molecule has 2 aromatic carbocycles. The van der Waals surface area contributed by atoms with Gasteiger partial charge in [-0.3, -0.25) is 14.4 Å². The first kappa shape index (κ1) is 19.5. The highest BCUT2D eigenvalue weighted by Crippen LogP contribution is 2.49. The van der Waals surface area contributed by atoms with E-state index in [1.807, 2.05) is 0 Å². The lowest BCUT2D eigenvalue weighted by Crippen LogP contribution is -2.27. The molecule has 0 bridgehead atoms. The van der Waals surface area contributed by atoms with Crippen LogP contribution in [0.5, 0.6) is 0 Å². The van der Waals surface area contributed by atoms with E-state index in [0.29, 0.717) is 36.1 Å². The summed E-state index contributed by atoms with van der Waals surface area (Å²) < 4.78 is 13.9. The minimum Gasteiger partial charge on any atom is -0.481 e. The molecule has 28 heavy (non-hydrogen) atoms. The Hall–Kier alpha value is -3.22. The molecule has 0 unspecified atom stereocenters. The predicted octanol–water partition coefficient (Wildman–Crippen LogP) is 2.99. The van der Waals surface area contributed by atoms with Crippen molar-refractivity contribution in [1.82, 2.24) is 5.32 Å². The van der Waals surface area contributed by atoms with E-state index in [9.17, 15) is 18.8 Å². The van der Waals surface area contributed by atoms with Crippen LogP contribution in [-0.4, -0.2) is 29.4 Å². The molecule has 0 aromatic heterocycles. The molecule has 0 heterocycles. The normalized spacial score (nSPS) is 14.2. The molecule has 0 aliphatic heterocycles. The van der Waals surface area contributed by atoms with Gasteiger partial charge in [0.05, 0.1) is 11.8 Å². The van der Waals surface area contributed by atoms with E-state index >= 15 is 0 Å². The molecular weight excluding hydrogens is 363 g/mol. The summed E-state index contributed by atoms with van der Waals surface area (Å²) in [4.78, 5) is 35.1. The van der Waals surface area contributed by atoms with Crippen LogP contribution >= 0.6 is 0 Å². The van der Waals surface area contributed by atoms with Gasteiger partial charge in [0.1, 0.15) is 5.82 Å². The second-order valence-corrected chi connectivity index (χ2v) is 6.98. The third-order valence-electron chi connectivity index (χ3n) is 4.85. The smallest absolute Gasteiger partial charge is 0.305 e. The second kappa shape index (κ2) is 8.21. The van der Waals surface area contributed by atoms with Gasteiger partial charge in [-0.1, -0.05) is 18.2 Å². The molecule has 0 spiro atoms. The molecule has 1 fully saturated rings. The standard InChI is InChI=1S/C21H21FN2O4/c22-17-4-2-1-3-15(17)13-21(10-11-21)20(28)24-16-7-5-14(6-8-16)19(27)23-12-9-18(25)26/h1-8H,9-13H2,(H,23,27)(H,24,28)(H,25,26). The van der Waals surface area contributed by atoms with Gasteiger partial charge in [0.25, 0.3) is 5.91 Å². The molecule has 0 saturated heterocycles. The maximum atomic E-state index is 13.9. The Morgan fingerprint density at radius 3 is 2.32 bits per heavy atom. The Morgan fingerprint density at radius 2 is 1.71 bits per heavy atom. The Balaban J connectivity index is 1.58. The van der Waals surface area contributed by atoms with Crippen molar-refractivity contribution in [2.45, 2.75) is 25.7 Å². The van der Waals surface area contributed by atoms with Crippen molar-refractivity contribution >= 4 is 23.5 Å². The van der Waals surface area contributed by atoms with E-state index in [-0.39, 0.29) is 30.6 Å². The molecule has 1 saturated carbocycles. The summed E-state index contributed by atoms with van der Waals surface area (Å²) >= 11 is 0. The summed E-state index contributed by atoms with van der Waals surface area (Å²) in [5.41, 5.74) is 0.862. The molecule has 6 nitrogen and oxygen atoms in total. The first-order valence-electron chi connectivity index (χ1n) is 9.04. The number of amides is 2. The molecular formula is C21H21FN2O4. The summed E-state index contributed by atoms with van der Waals surface area (Å²) in [7, 11) is 0. The van der Waals surface area contributed by atoms with Crippen LogP contribution in [0.25, 0.3) is 0 Å². The Kier molecular flexibility index (Phi) is 5.73. The number of anilines is 1. The first-order valence-corrected chi connectivity index (χ1v) is 9.04. The molecule has 3 N–H and O–H groups in total. The number of carboxylic acids is 1. The summed E-state index contributed by atoms with van der Waals surface area (Å²) in [5, 5.41) is 13.9. The summed E-state index contributed by atoms with van der Waals surface area (Å²) in [6.07, 6.45) is 1.62. The van der Waals surface area contributed by atoms with Crippen LogP contribution in [0.15, 0.2) is 48.5 Å². The quantitative estimate of drug-likeness (QED) is 0.652. The number of carbonyl (C=O) groups is 3. The number of hydrogen-bond acceptors (Lipinski definition) is 3. The van der Waals surface area contributed by atoms with Crippen LogP contribution in [0.4, 0.5) is 10.1 Å². The summed E-state index contributed by atoms with van der Waals surface area (Å²) in [5.74, 6) is -1.82. The zero-order chi connectivity index (χ0) is 20.1. The Morgan fingerprint density at radius 1 is 1.04 bits per heavy atom. The number of rotatable bonds is 8. The third kappa shape index (κ3) is 4.73. The zero-order valence-electron chi connectivity index (χ0n) is 15.2. The lowest BCUT2D eigenvalue weighted by atomic mass is 9.95. The van der Waals surface area contributed by atoms with Crippen molar-refractivity contribution in [2.24, 2.45) is 5.41 Å². The van der Waals surface area contributed by atoms with E-state index in [0.717, 1.165) is 0 Å². The maximum absolute atomic E-state index is 13.9. The topological polar surface area (TPSA) is 95.5 Å². The highest BCUT2D eigenvalue weighted by molar-refractivity contribution is 5.98. The van der Waals surface area contributed by atoms with Gasteiger partial charge in [0, 0.05) is 17.8 Å². The van der Waals surface area contributed by atoms with Gasteiger partial charge in [0.2, 0.25) is 5.91 Å². The van der Waals surface area contributed by atoms with Gasteiger partial charge < -0.3 is 15.7 Å². The van der Waals surface area contributed by atoms with E-state index in [4.69, 9.17) is 5.11 Å². The monoisotopic (exact) mass is 384 g/mol. The van der Waals surface area contributed by atoms with Crippen LogP contribution in [0.3, 0.4) is 0 Å². The van der Waals surface area contributed by atoms with E-state index < -0.39 is 11.4 Å². The van der Waals surface area contributed by atoms with Crippen molar-refractivity contribution in [3.05, 3.63) is 65.5 Å². The van der Waals surface area contributed by atoms with Gasteiger partial charge in [-0.25, -0.2) is 4.39 Å². The number of carboxylic acid groups (broad SMARTS) is 1. The van der Waals surface area contributed by atoms with Crippen LogP contribution in [0.1, 0.15) is 35.2 Å². The predicted molar refractivity (Wildman–Crippen MR) is 101 cm³/mol. The minimum absolute atomic E-state index is 0.0468. The molecule has 146 valence electrons. The van der Waals surface area contributed by atoms with Crippen LogP contribution in [0, 0.1) is 11.2 Å². The van der Waals surface area contributed by atoms with Crippen molar-refractivity contribution in [2.75, 3.05) is 11.9 Å². The van der Waals surface area contributed by atoms with E-state index in [2.05, 4.69) is 10.6 Å². The van der Waals surface area contributed by atoms with Crippen LogP contribution in [0.2, 0.25) is 0 Å². The molecule has 3 rings (SSSR count). The average Bonchev–Trinajstić information content (AvgIpc) is 3.45. The molecule has 7 heteroatoms. The van der Waals surface area contributed by atoms with Gasteiger partial charge in [-0.2, -0.15) is 0 Å². The SMILES string of the molecule is O=C(O)CCNC(=O)c1ccc(NC(=O)C2(Cc3ccccc3F)CC2)cc1. The lowest BCUT2D eigenvalue weighted by Gasteiger charge is -2.16. The number of halogens is 1. The Bertz CT molecular complexity index is 892. The maximum Gasteiger partial charge on any atom is 0.305 e. The first-order chi connectivity index (χ1) is 13.4. The number of aliphatic carboxylic acids is 1.